The Morgan fingerprint density at radius 1 is 0.833 bits per heavy atom. The maximum absolute atomic E-state index is 3.89. The van der Waals surface area contributed by atoms with Gasteiger partial charge in [0.15, 0.2) is 0 Å². The quantitative estimate of drug-likeness (QED) is 0.710. The summed E-state index contributed by atoms with van der Waals surface area (Å²) in [5.41, 5.74) is 0. The molecule has 0 amide bonds. The highest BCUT2D eigenvalue weighted by Crippen LogP contribution is 2.29. The summed E-state index contributed by atoms with van der Waals surface area (Å²) in [5, 5.41) is 3.89. The van der Waals surface area contributed by atoms with Gasteiger partial charge in [0.1, 0.15) is 0 Å². The summed E-state index contributed by atoms with van der Waals surface area (Å²) in [4.78, 5) is 0. The first-order chi connectivity index (χ1) is 8.75. The second-order valence-electron chi connectivity index (χ2n) is 7.12. The maximum Gasteiger partial charge on any atom is 0.00672 e. The molecule has 1 nitrogen and oxygen atoms in total. The fourth-order valence-electron chi connectivity index (χ4n) is 3.93. The second-order valence-corrected chi connectivity index (χ2v) is 7.12. The molecule has 1 heteroatoms. The van der Waals surface area contributed by atoms with E-state index in [1.165, 1.54) is 70.8 Å². The zero-order chi connectivity index (χ0) is 12.8. The third kappa shape index (κ3) is 4.57. The highest BCUT2D eigenvalue weighted by atomic mass is 14.9. The topological polar surface area (TPSA) is 12.0 Å². The van der Waals surface area contributed by atoms with Crippen LogP contribution in [0, 0.1) is 17.8 Å². The average molecular weight is 251 g/mol. The van der Waals surface area contributed by atoms with E-state index in [-0.39, 0.29) is 0 Å². The minimum Gasteiger partial charge on any atom is -0.314 e. The largest absolute Gasteiger partial charge is 0.314 e. The first-order valence-corrected chi connectivity index (χ1v) is 8.49. The van der Waals surface area contributed by atoms with E-state index in [2.05, 4.69) is 19.2 Å². The van der Waals surface area contributed by atoms with Crippen LogP contribution in [0.2, 0.25) is 0 Å². The zero-order valence-electron chi connectivity index (χ0n) is 12.6. The van der Waals surface area contributed by atoms with Crippen molar-refractivity contribution >= 4 is 0 Å². The summed E-state index contributed by atoms with van der Waals surface area (Å²) in [6.45, 7) is 6.11. The van der Waals surface area contributed by atoms with E-state index in [1.807, 2.05) is 0 Å². The SMILES string of the molecule is CC(C)C1CCCC(NCC2CCCCC2)CC1. The van der Waals surface area contributed by atoms with Crippen molar-refractivity contribution in [2.45, 2.75) is 84.1 Å². The summed E-state index contributed by atoms with van der Waals surface area (Å²) in [5.74, 6) is 2.87. The van der Waals surface area contributed by atoms with Crippen molar-refractivity contribution in [3.63, 3.8) is 0 Å². The molecule has 0 aliphatic heterocycles. The molecular weight excluding hydrogens is 218 g/mol. The van der Waals surface area contributed by atoms with Crippen LogP contribution in [0.25, 0.3) is 0 Å². The minimum atomic E-state index is 0.829. The second kappa shape index (κ2) is 7.53. The fraction of sp³-hybridized carbons (Fsp3) is 1.00. The summed E-state index contributed by atoms with van der Waals surface area (Å²) < 4.78 is 0. The highest BCUT2D eigenvalue weighted by Gasteiger charge is 2.21. The van der Waals surface area contributed by atoms with Crippen LogP contribution in [-0.2, 0) is 0 Å². The van der Waals surface area contributed by atoms with E-state index in [9.17, 15) is 0 Å². The third-order valence-electron chi connectivity index (χ3n) is 5.38. The average Bonchev–Trinajstić information content (AvgIpc) is 2.63. The molecule has 2 atom stereocenters. The van der Waals surface area contributed by atoms with Gasteiger partial charge in [-0.15, -0.1) is 0 Å². The van der Waals surface area contributed by atoms with Crippen molar-refractivity contribution in [1.29, 1.82) is 0 Å². The Hall–Kier alpha value is -0.0400. The third-order valence-corrected chi connectivity index (χ3v) is 5.38. The van der Waals surface area contributed by atoms with Crippen molar-refractivity contribution in [3.8, 4) is 0 Å². The number of nitrogens with one attached hydrogen (secondary N) is 1. The van der Waals surface area contributed by atoms with Gasteiger partial charge in [-0.2, -0.15) is 0 Å². The summed E-state index contributed by atoms with van der Waals surface area (Å²) >= 11 is 0. The Morgan fingerprint density at radius 3 is 2.33 bits per heavy atom. The molecule has 0 saturated heterocycles. The lowest BCUT2D eigenvalue weighted by molar-refractivity contribution is 0.312. The van der Waals surface area contributed by atoms with Gasteiger partial charge in [-0.25, -0.2) is 0 Å². The molecule has 18 heavy (non-hydrogen) atoms. The molecule has 0 aromatic rings. The Bertz CT molecular complexity index is 218. The van der Waals surface area contributed by atoms with Crippen LogP contribution in [0.5, 0.6) is 0 Å². The summed E-state index contributed by atoms with van der Waals surface area (Å²) in [7, 11) is 0. The van der Waals surface area contributed by atoms with Crippen molar-refractivity contribution in [2.75, 3.05) is 6.54 Å². The van der Waals surface area contributed by atoms with Gasteiger partial charge < -0.3 is 5.32 Å². The Morgan fingerprint density at radius 2 is 1.61 bits per heavy atom. The van der Waals surface area contributed by atoms with Gasteiger partial charge in [-0.3, -0.25) is 0 Å². The molecule has 2 aliphatic carbocycles. The molecule has 2 aliphatic rings. The van der Waals surface area contributed by atoms with E-state index in [0.717, 1.165) is 23.8 Å². The lowest BCUT2D eigenvalue weighted by Crippen LogP contribution is -2.33. The van der Waals surface area contributed by atoms with Gasteiger partial charge in [0.2, 0.25) is 0 Å². The van der Waals surface area contributed by atoms with E-state index in [4.69, 9.17) is 0 Å². The lowest BCUT2D eigenvalue weighted by Gasteiger charge is -2.25. The molecule has 0 heterocycles. The van der Waals surface area contributed by atoms with Crippen LogP contribution in [0.15, 0.2) is 0 Å². The monoisotopic (exact) mass is 251 g/mol. The van der Waals surface area contributed by atoms with Gasteiger partial charge >= 0.3 is 0 Å². The molecule has 2 rings (SSSR count). The predicted molar refractivity (Wildman–Crippen MR) is 79.8 cm³/mol. The van der Waals surface area contributed by atoms with E-state index in [1.54, 1.807) is 0 Å². The first-order valence-electron chi connectivity index (χ1n) is 8.49. The summed E-state index contributed by atoms with van der Waals surface area (Å²) in [6.07, 6.45) is 14.6. The molecule has 1 N–H and O–H groups in total. The number of hydrogen-bond acceptors (Lipinski definition) is 1. The maximum atomic E-state index is 3.89. The van der Waals surface area contributed by atoms with Gasteiger partial charge in [0, 0.05) is 6.04 Å². The normalized spacial score (nSPS) is 31.5. The van der Waals surface area contributed by atoms with Crippen molar-refractivity contribution < 1.29 is 0 Å². The van der Waals surface area contributed by atoms with Gasteiger partial charge in [-0.05, 0) is 56.4 Å². The van der Waals surface area contributed by atoms with Crippen molar-refractivity contribution in [2.24, 2.45) is 17.8 Å². The fourth-order valence-corrected chi connectivity index (χ4v) is 3.93. The molecule has 0 radical (unpaired) electrons. The van der Waals surface area contributed by atoms with Gasteiger partial charge in [0.25, 0.3) is 0 Å². The van der Waals surface area contributed by atoms with Crippen LogP contribution >= 0.6 is 0 Å². The van der Waals surface area contributed by atoms with Gasteiger partial charge in [0.05, 0.1) is 0 Å². The Kier molecular flexibility index (Phi) is 6.01. The van der Waals surface area contributed by atoms with Crippen LogP contribution in [0.3, 0.4) is 0 Å². The molecule has 2 saturated carbocycles. The number of rotatable bonds is 4. The van der Waals surface area contributed by atoms with Crippen LogP contribution < -0.4 is 5.32 Å². The standard InChI is InChI=1S/C17H33N/c1-14(2)16-9-6-10-17(12-11-16)18-13-15-7-4-3-5-8-15/h14-18H,3-13H2,1-2H3. The Balaban J connectivity index is 1.66. The molecule has 2 unspecified atom stereocenters. The molecule has 0 aromatic heterocycles. The van der Waals surface area contributed by atoms with Crippen LogP contribution in [-0.4, -0.2) is 12.6 Å². The Labute approximate surface area is 114 Å². The van der Waals surface area contributed by atoms with E-state index in [0.29, 0.717) is 0 Å². The van der Waals surface area contributed by atoms with Crippen LogP contribution in [0.1, 0.15) is 78.1 Å². The minimum absolute atomic E-state index is 0.829. The molecule has 2 fully saturated rings. The highest BCUT2D eigenvalue weighted by molar-refractivity contribution is 4.78. The molecule has 0 spiro atoms. The van der Waals surface area contributed by atoms with Crippen molar-refractivity contribution in [3.05, 3.63) is 0 Å². The predicted octanol–water partition coefficient (Wildman–Crippen LogP) is 4.76. The van der Waals surface area contributed by atoms with Crippen molar-refractivity contribution in [1.82, 2.24) is 5.32 Å². The molecule has 106 valence electrons. The first kappa shape index (κ1) is 14.4. The van der Waals surface area contributed by atoms with E-state index >= 15 is 0 Å². The molecular formula is C17H33N. The lowest BCUT2D eigenvalue weighted by atomic mass is 9.88. The number of hydrogen-bond donors (Lipinski definition) is 1. The zero-order valence-corrected chi connectivity index (χ0v) is 12.6. The molecule has 0 bridgehead atoms. The summed E-state index contributed by atoms with van der Waals surface area (Å²) in [6, 6.07) is 0.829. The smallest absolute Gasteiger partial charge is 0.00672 e. The van der Waals surface area contributed by atoms with Gasteiger partial charge in [-0.1, -0.05) is 46.0 Å². The van der Waals surface area contributed by atoms with E-state index < -0.39 is 0 Å². The van der Waals surface area contributed by atoms with Crippen LogP contribution in [0.4, 0.5) is 0 Å². The molecule has 0 aromatic carbocycles.